The third-order valence-electron chi connectivity index (χ3n) is 2.18. The largest absolute Gasteiger partial charge is 0.331 e. The van der Waals surface area contributed by atoms with Crippen LogP contribution in [0.2, 0.25) is 10.0 Å². The zero-order valence-corrected chi connectivity index (χ0v) is 10.6. The molecule has 86 valence electrons. The molecule has 1 heterocycles. The molecule has 6 heteroatoms. The minimum absolute atomic E-state index is 0.339. The Morgan fingerprint density at radius 2 is 2.06 bits per heavy atom. The van der Waals surface area contributed by atoms with Gasteiger partial charge in [0.15, 0.2) is 0 Å². The molecule has 1 aromatic rings. The number of hydrogen-bond acceptors (Lipinski definition) is 3. The summed E-state index contributed by atoms with van der Waals surface area (Å²) in [6.07, 6.45) is 2.16. The fourth-order valence-electron chi connectivity index (χ4n) is 1.42. The van der Waals surface area contributed by atoms with Gasteiger partial charge in [0.2, 0.25) is 0 Å². The van der Waals surface area contributed by atoms with Crippen LogP contribution in [-0.2, 0) is 0 Å². The summed E-state index contributed by atoms with van der Waals surface area (Å²) in [7, 11) is 0. The van der Waals surface area contributed by atoms with Gasteiger partial charge in [-0.2, -0.15) is 0 Å². The summed E-state index contributed by atoms with van der Waals surface area (Å²) in [6.45, 7) is 0.250. The molecule has 0 aromatic heterocycles. The first-order chi connectivity index (χ1) is 7.72. The van der Waals surface area contributed by atoms with Crippen LogP contribution in [0.4, 0.5) is 10.1 Å². The zero-order chi connectivity index (χ0) is 11.5. The van der Waals surface area contributed by atoms with Gasteiger partial charge >= 0.3 is 0 Å². The molecule has 1 aliphatic heterocycles. The molecule has 0 radical (unpaired) electrons. The summed E-state index contributed by atoms with van der Waals surface area (Å²) in [4.78, 5) is 2.82. The number of rotatable bonds is 3. The maximum absolute atomic E-state index is 12.1. The Morgan fingerprint density at radius 1 is 1.31 bits per heavy atom. The summed E-state index contributed by atoms with van der Waals surface area (Å²) in [5.41, 5.74) is 0.933. The van der Waals surface area contributed by atoms with Crippen LogP contribution in [0.15, 0.2) is 21.4 Å². The van der Waals surface area contributed by atoms with E-state index in [1.807, 2.05) is 4.90 Å². The Hall–Kier alpha value is -0.450. The molecule has 1 aliphatic rings. The number of fused-ring (bicyclic) bond motifs is 1. The van der Waals surface area contributed by atoms with Gasteiger partial charge in [-0.05, 0) is 18.6 Å². The van der Waals surface area contributed by atoms with Crippen LogP contribution < -0.4 is 4.90 Å². The van der Waals surface area contributed by atoms with Gasteiger partial charge in [-0.25, -0.2) is 4.40 Å². The van der Waals surface area contributed by atoms with Gasteiger partial charge < -0.3 is 4.90 Å². The number of benzene rings is 1. The smallest absolute Gasteiger partial charge is 0.104 e. The van der Waals surface area contributed by atoms with Crippen molar-refractivity contribution in [3.63, 3.8) is 0 Å². The van der Waals surface area contributed by atoms with Gasteiger partial charge in [-0.1, -0.05) is 23.2 Å². The molecule has 1 aromatic carbocycles. The maximum Gasteiger partial charge on any atom is 0.104 e. The minimum Gasteiger partial charge on any atom is -0.331 e. The first-order valence-electron chi connectivity index (χ1n) is 4.74. The molecule has 0 bridgehead atoms. The molecule has 0 fully saturated rings. The van der Waals surface area contributed by atoms with Crippen LogP contribution in [0.25, 0.3) is 0 Å². The van der Waals surface area contributed by atoms with Gasteiger partial charge in [0.05, 0.1) is 27.3 Å². The van der Waals surface area contributed by atoms with E-state index in [4.69, 9.17) is 23.2 Å². The lowest BCUT2D eigenvalue weighted by Crippen LogP contribution is -2.24. The molecule has 0 amide bonds. The van der Waals surface area contributed by atoms with Gasteiger partial charge in [0.25, 0.3) is 0 Å². The molecule has 0 unspecified atom stereocenters. The number of hydrogen-bond donors (Lipinski definition) is 0. The second-order valence-corrected chi connectivity index (χ2v) is 4.93. The SMILES string of the molecule is FCCCN1C=NSc2cc(Cl)c(Cl)cc21. The van der Waals surface area contributed by atoms with E-state index in [9.17, 15) is 4.39 Å². The molecule has 0 atom stereocenters. The van der Waals surface area contributed by atoms with E-state index in [-0.39, 0.29) is 6.67 Å². The lowest BCUT2D eigenvalue weighted by atomic mass is 10.2. The zero-order valence-electron chi connectivity index (χ0n) is 8.29. The molecular formula is C10H9Cl2FN2S. The van der Waals surface area contributed by atoms with Gasteiger partial charge in [0.1, 0.15) is 6.34 Å². The highest BCUT2D eigenvalue weighted by molar-refractivity contribution is 7.98. The number of nitrogens with zero attached hydrogens (tertiary/aromatic N) is 2. The molecule has 0 saturated heterocycles. The fourth-order valence-corrected chi connectivity index (χ4v) is 2.52. The topological polar surface area (TPSA) is 15.6 Å². The average molecular weight is 279 g/mol. The standard InChI is InChI=1S/C10H9Cl2FN2S/c11-7-4-9-10(5-8(7)12)16-14-6-15(9)3-1-2-13/h4-6H,1-3H2. The Bertz CT molecular complexity index is 426. The highest BCUT2D eigenvalue weighted by Gasteiger charge is 2.16. The van der Waals surface area contributed by atoms with E-state index in [1.54, 1.807) is 18.5 Å². The predicted octanol–water partition coefficient (Wildman–Crippen LogP) is 4.21. The van der Waals surface area contributed by atoms with Crippen molar-refractivity contribution in [1.29, 1.82) is 0 Å². The number of anilines is 1. The van der Waals surface area contributed by atoms with Crippen LogP contribution in [-0.4, -0.2) is 19.6 Å². The molecule has 0 saturated carbocycles. The molecule has 0 spiro atoms. The monoisotopic (exact) mass is 278 g/mol. The normalized spacial score (nSPS) is 14.1. The van der Waals surface area contributed by atoms with Gasteiger partial charge in [-0.3, -0.25) is 4.39 Å². The first-order valence-corrected chi connectivity index (χ1v) is 6.27. The Labute approximate surface area is 108 Å². The van der Waals surface area contributed by atoms with Gasteiger partial charge in [0, 0.05) is 18.5 Å². The first kappa shape index (κ1) is 12.0. The Balaban J connectivity index is 2.30. The molecule has 0 N–H and O–H groups in total. The summed E-state index contributed by atoms with van der Waals surface area (Å²) >= 11 is 13.2. The van der Waals surface area contributed by atoms with Crippen LogP contribution in [0, 0.1) is 0 Å². The summed E-state index contributed by atoms with van der Waals surface area (Å²) < 4.78 is 16.3. The van der Waals surface area contributed by atoms with E-state index in [2.05, 4.69) is 4.40 Å². The van der Waals surface area contributed by atoms with Crippen molar-refractivity contribution < 1.29 is 4.39 Å². The van der Waals surface area contributed by atoms with Crippen molar-refractivity contribution >= 4 is 47.2 Å². The second kappa shape index (κ2) is 5.25. The molecular weight excluding hydrogens is 270 g/mol. The lowest BCUT2D eigenvalue weighted by molar-refractivity contribution is 0.477. The van der Waals surface area contributed by atoms with Crippen molar-refractivity contribution in [2.75, 3.05) is 18.1 Å². The van der Waals surface area contributed by atoms with E-state index < -0.39 is 0 Å². The molecule has 0 aliphatic carbocycles. The van der Waals surface area contributed by atoms with Gasteiger partial charge in [-0.15, -0.1) is 0 Å². The van der Waals surface area contributed by atoms with E-state index in [0.29, 0.717) is 23.0 Å². The second-order valence-electron chi connectivity index (χ2n) is 3.28. The third kappa shape index (κ3) is 2.44. The molecule has 16 heavy (non-hydrogen) atoms. The van der Waals surface area contributed by atoms with Crippen LogP contribution in [0.1, 0.15) is 6.42 Å². The highest BCUT2D eigenvalue weighted by atomic mass is 35.5. The number of halogens is 3. The highest BCUT2D eigenvalue weighted by Crippen LogP contribution is 2.39. The van der Waals surface area contributed by atoms with Crippen LogP contribution in [0.3, 0.4) is 0 Å². The average Bonchev–Trinajstić information content (AvgIpc) is 2.28. The van der Waals surface area contributed by atoms with Crippen molar-refractivity contribution in [2.45, 2.75) is 11.3 Å². The van der Waals surface area contributed by atoms with Crippen LogP contribution >= 0.6 is 35.1 Å². The summed E-state index contributed by atoms with van der Waals surface area (Å²) in [5, 5.41) is 1.01. The quantitative estimate of drug-likeness (QED) is 0.770. The Kier molecular flexibility index (Phi) is 3.95. The summed E-state index contributed by atoms with van der Waals surface area (Å²) in [5.74, 6) is 0. The van der Waals surface area contributed by atoms with Crippen molar-refractivity contribution in [3.05, 3.63) is 22.2 Å². The van der Waals surface area contributed by atoms with E-state index in [0.717, 1.165) is 10.6 Å². The number of alkyl halides is 1. The molecule has 2 rings (SSSR count). The molecule has 2 nitrogen and oxygen atoms in total. The van der Waals surface area contributed by atoms with Crippen molar-refractivity contribution in [3.8, 4) is 0 Å². The van der Waals surface area contributed by atoms with E-state index >= 15 is 0 Å². The van der Waals surface area contributed by atoms with Crippen molar-refractivity contribution in [2.24, 2.45) is 4.40 Å². The third-order valence-corrected chi connectivity index (χ3v) is 3.63. The Morgan fingerprint density at radius 3 is 2.81 bits per heavy atom. The van der Waals surface area contributed by atoms with E-state index in [1.165, 1.54) is 11.9 Å². The minimum atomic E-state index is -0.339. The fraction of sp³-hybridized carbons (Fsp3) is 0.300. The lowest BCUT2D eigenvalue weighted by Gasteiger charge is -2.24. The predicted molar refractivity (Wildman–Crippen MR) is 68.7 cm³/mol. The maximum atomic E-state index is 12.1. The van der Waals surface area contributed by atoms with Crippen LogP contribution in [0.5, 0.6) is 0 Å². The summed E-state index contributed by atoms with van der Waals surface area (Å²) in [6, 6.07) is 3.57. The van der Waals surface area contributed by atoms with Crippen molar-refractivity contribution in [1.82, 2.24) is 0 Å².